The third-order valence-electron chi connectivity index (χ3n) is 2.51. The number of halogens is 2. The van der Waals surface area contributed by atoms with Crippen LogP contribution in [0.3, 0.4) is 0 Å². The lowest BCUT2D eigenvalue weighted by Crippen LogP contribution is -2.27. The average molecular weight is 284 g/mol. The van der Waals surface area contributed by atoms with Gasteiger partial charge in [-0.3, -0.25) is 0 Å². The Bertz CT molecular complexity index is 435. The zero-order valence-electron chi connectivity index (χ0n) is 11.4. The molecule has 0 spiro atoms. The van der Waals surface area contributed by atoms with Gasteiger partial charge in [-0.15, -0.1) is 0 Å². The second-order valence-electron chi connectivity index (χ2n) is 4.35. The molecule has 0 atom stereocenters. The van der Waals surface area contributed by atoms with Crippen molar-refractivity contribution in [1.29, 1.82) is 0 Å². The summed E-state index contributed by atoms with van der Waals surface area (Å²) >= 11 is 0. The van der Waals surface area contributed by atoms with Crippen molar-refractivity contribution in [3.05, 3.63) is 36.4 Å². The van der Waals surface area contributed by atoms with Crippen LogP contribution in [0.2, 0.25) is 0 Å². The van der Waals surface area contributed by atoms with Crippen molar-refractivity contribution >= 4 is 12.0 Å². The van der Waals surface area contributed by atoms with Gasteiger partial charge in [0.05, 0.1) is 13.2 Å². The van der Waals surface area contributed by atoms with Crippen LogP contribution in [0.25, 0.3) is 6.08 Å². The van der Waals surface area contributed by atoms with Gasteiger partial charge in [-0.2, -0.15) is 8.78 Å². The molecule has 3 nitrogen and oxygen atoms in total. The second kappa shape index (κ2) is 7.62. The van der Waals surface area contributed by atoms with Crippen LogP contribution in [0.5, 0.6) is 5.75 Å². The molecule has 0 bridgehead atoms. The summed E-state index contributed by atoms with van der Waals surface area (Å²) in [6.45, 7) is 4.58. The van der Waals surface area contributed by atoms with E-state index in [4.69, 9.17) is 4.74 Å². The molecule has 5 heteroatoms. The molecule has 0 N–H and O–H groups in total. The maximum atomic E-state index is 12.5. The standard InChI is InChI=1S/C15H18F2O3/c1-3-12-6-8-13(9-7-12)19-10-4-5-11-20-14(18)15(2,16)17/h3,6-9H,1,4-5,10-11H2,2H3. The van der Waals surface area contributed by atoms with Crippen LogP contribution in [0.1, 0.15) is 25.3 Å². The van der Waals surface area contributed by atoms with E-state index in [-0.39, 0.29) is 6.61 Å². The number of esters is 1. The molecule has 0 saturated carbocycles. The molecular formula is C15H18F2O3. The molecule has 1 aromatic rings. The van der Waals surface area contributed by atoms with Crippen molar-refractivity contribution in [2.75, 3.05) is 13.2 Å². The van der Waals surface area contributed by atoms with E-state index in [1.54, 1.807) is 6.08 Å². The highest BCUT2D eigenvalue weighted by Gasteiger charge is 2.33. The minimum atomic E-state index is -3.43. The molecule has 110 valence electrons. The van der Waals surface area contributed by atoms with Gasteiger partial charge in [-0.05, 0) is 30.5 Å². The first kappa shape index (κ1) is 16.1. The summed E-state index contributed by atoms with van der Waals surface area (Å²) in [6, 6.07) is 7.42. The lowest BCUT2D eigenvalue weighted by Gasteiger charge is -2.10. The largest absolute Gasteiger partial charge is 0.494 e. The zero-order chi connectivity index (χ0) is 15.0. The number of unbranched alkanes of at least 4 members (excludes halogenated alkanes) is 1. The van der Waals surface area contributed by atoms with Gasteiger partial charge in [-0.25, -0.2) is 4.79 Å². The summed E-state index contributed by atoms with van der Waals surface area (Å²) in [4.78, 5) is 10.8. The summed E-state index contributed by atoms with van der Waals surface area (Å²) in [6.07, 6.45) is 2.83. The Balaban J connectivity index is 2.13. The molecule has 0 aliphatic rings. The maximum Gasteiger partial charge on any atom is 0.376 e. The lowest BCUT2D eigenvalue weighted by molar-refractivity contribution is -0.169. The van der Waals surface area contributed by atoms with Crippen molar-refractivity contribution in [3.63, 3.8) is 0 Å². The topological polar surface area (TPSA) is 35.5 Å². The Hall–Kier alpha value is -1.91. The number of hydrogen-bond acceptors (Lipinski definition) is 3. The van der Waals surface area contributed by atoms with Crippen LogP contribution >= 0.6 is 0 Å². The Labute approximate surface area is 117 Å². The van der Waals surface area contributed by atoms with E-state index in [1.165, 1.54) is 0 Å². The van der Waals surface area contributed by atoms with E-state index in [1.807, 2.05) is 24.3 Å². The third-order valence-corrected chi connectivity index (χ3v) is 2.51. The molecule has 0 amide bonds. The van der Waals surface area contributed by atoms with Crippen LogP contribution in [0, 0.1) is 0 Å². The van der Waals surface area contributed by atoms with Crippen LogP contribution in [-0.4, -0.2) is 25.1 Å². The highest BCUT2D eigenvalue weighted by molar-refractivity contribution is 5.76. The predicted molar refractivity (Wildman–Crippen MR) is 72.8 cm³/mol. The molecular weight excluding hydrogens is 266 g/mol. The van der Waals surface area contributed by atoms with Crippen molar-refractivity contribution in [3.8, 4) is 5.75 Å². The van der Waals surface area contributed by atoms with Gasteiger partial charge in [0, 0.05) is 6.92 Å². The van der Waals surface area contributed by atoms with Crippen LogP contribution in [0.15, 0.2) is 30.8 Å². The minimum Gasteiger partial charge on any atom is -0.494 e. The number of ether oxygens (including phenoxy) is 2. The Kier molecular flexibility index (Phi) is 6.15. The number of benzene rings is 1. The number of alkyl halides is 2. The van der Waals surface area contributed by atoms with Crippen LogP contribution in [-0.2, 0) is 9.53 Å². The molecule has 0 radical (unpaired) electrons. The second-order valence-corrected chi connectivity index (χ2v) is 4.35. The van der Waals surface area contributed by atoms with E-state index in [2.05, 4.69) is 11.3 Å². The van der Waals surface area contributed by atoms with Crippen LogP contribution < -0.4 is 4.74 Å². The molecule has 20 heavy (non-hydrogen) atoms. The van der Waals surface area contributed by atoms with E-state index in [9.17, 15) is 13.6 Å². The zero-order valence-corrected chi connectivity index (χ0v) is 11.4. The predicted octanol–water partition coefficient (Wildman–Crippen LogP) is 3.69. The lowest BCUT2D eigenvalue weighted by atomic mass is 10.2. The molecule has 0 aliphatic heterocycles. The fourth-order valence-electron chi connectivity index (χ4n) is 1.39. The Morgan fingerprint density at radius 3 is 2.40 bits per heavy atom. The molecule has 0 heterocycles. The first-order valence-electron chi connectivity index (χ1n) is 6.34. The molecule has 0 aromatic heterocycles. The number of carbonyl (C=O) groups excluding carboxylic acids is 1. The van der Waals surface area contributed by atoms with Gasteiger partial charge in [-0.1, -0.05) is 24.8 Å². The molecule has 0 saturated heterocycles. The highest BCUT2D eigenvalue weighted by atomic mass is 19.3. The van der Waals surface area contributed by atoms with E-state index < -0.39 is 11.9 Å². The van der Waals surface area contributed by atoms with Gasteiger partial charge in [0.25, 0.3) is 0 Å². The first-order valence-corrected chi connectivity index (χ1v) is 6.34. The van der Waals surface area contributed by atoms with E-state index >= 15 is 0 Å². The first-order chi connectivity index (χ1) is 9.43. The number of carbonyl (C=O) groups is 1. The van der Waals surface area contributed by atoms with Crippen molar-refractivity contribution in [2.45, 2.75) is 25.7 Å². The van der Waals surface area contributed by atoms with Gasteiger partial charge >= 0.3 is 11.9 Å². The van der Waals surface area contributed by atoms with Crippen LogP contribution in [0.4, 0.5) is 8.78 Å². The minimum absolute atomic E-state index is 0.0268. The molecule has 1 rings (SSSR count). The van der Waals surface area contributed by atoms with Gasteiger partial charge in [0.1, 0.15) is 5.75 Å². The summed E-state index contributed by atoms with van der Waals surface area (Å²) in [5.74, 6) is -4.19. The monoisotopic (exact) mass is 284 g/mol. The third kappa shape index (κ3) is 5.82. The smallest absolute Gasteiger partial charge is 0.376 e. The summed E-state index contributed by atoms with van der Waals surface area (Å²) in [7, 11) is 0. The van der Waals surface area contributed by atoms with Gasteiger partial charge in [0.15, 0.2) is 0 Å². The van der Waals surface area contributed by atoms with E-state index in [0.717, 1.165) is 11.3 Å². The molecule has 1 aromatic carbocycles. The number of hydrogen-bond donors (Lipinski definition) is 0. The van der Waals surface area contributed by atoms with Crippen molar-refractivity contribution in [2.24, 2.45) is 0 Å². The fourth-order valence-corrected chi connectivity index (χ4v) is 1.39. The summed E-state index contributed by atoms with van der Waals surface area (Å²) < 4.78 is 34.8. The summed E-state index contributed by atoms with van der Waals surface area (Å²) in [5.41, 5.74) is 1.00. The fraction of sp³-hybridized carbons (Fsp3) is 0.400. The molecule has 0 unspecified atom stereocenters. The highest BCUT2D eigenvalue weighted by Crippen LogP contribution is 2.14. The molecule has 0 fully saturated rings. The van der Waals surface area contributed by atoms with Gasteiger partial charge < -0.3 is 9.47 Å². The number of rotatable bonds is 8. The van der Waals surface area contributed by atoms with Crippen molar-refractivity contribution < 1.29 is 23.0 Å². The van der Waals surface area contributed by atoms with Crippen molar-refractivity contribution in [1.82, 2.24) is 0 Å². The Morgan fingerprint density at radius 2 is 1.85 bits per heavy atom. The maximum absolute atomic E-state index is 12.5. The summed E-state index contributed by atoms with van der Waals surface area (Å²) in [5, 5.41) is 0. The van der Waals surface area contributed by atoms with E-state index in [0.29, 0.717) is 26.4 Å². The average Bonchev–Trinajstić information content (AvgIpc) is 2.42. The normalized spacial score (nSPS) is 10.9. The van der Waals surface area contributed by atoms with Gasteiger partial charge in [0.2, 0.25) is 0 Å². The molecule has 0 aliphatic carbocycles. The Morgan fingerprint density at radius 1 is 1.25 bits per heavy atom. The SMILES string of the molecule is C=Cc1ccc(OCCCCOC(=O)C(C)(F)F)cc1. The quantitative estimate of drug-likeness (QED) is 0.539.